The molecule has 0 aliphatic carbocycles. The van der Waals surface area contributed by atoms with Gasteiger partial charge in [0.25, 0.3) is 0 Å². The number of benzene rings is 2. The second-order valence-corrected chi connectivity index (χ2v) is 8.28. The largest absolute Gasteiger partial charge is 0.465 e. The van der Waals surface area contributed by atoms with E-state index in [0.717, 1.165) is 38.5 Å². The topological polar surface area (TPSA) is 54.0 Å². The van der Waals surface area contributed by atoms with Crippen molar-refractivity contribution in [2.75, 3.05) is 13.2 Å². The van der Waals surface area contributed by atoms with Crippen molar-refractivity contribution in [3.63, 3.8) is 0 Å². The summed E-state index contributed by atoms with van der Waals surface area (Å²) < 4.78 is 23.4. The molecule has 2 fully saturated rings. The number of rotatable bonds is 6. The second kappa shape index (κ2) is 10.0. The first-order valence-corrected chi connectivity index (χ1v) is 11.1. The average molecular weight is 451 g/mol. The Morgan fingerprint density at radius 2 is 1.53 bits per heavy atom. The molecule has 0 amide bonds. The minimum absolute atomic E-state index is 0.270. The van der Waals surface area contributed by atoms with Gasteiger partial charge >= 0.3 is 0 Å². The Labute approximate surface area is 186 Å². The molecule has 2 saturated heterocycles. The number of halogens is 2. The maximum atomic E-state index is 13.3. The number of hydrogen-bond donors (Lipinski definition) is 0. The highest BCUT2D eigenvalue weighted by atomic mass is 35.5. The van der Waals surface area contributed by atoms with E-state index in [2.05, 4.69) is 0 Å². The zero-order chi connectivity index (χ0) is 20.9. The second-order valence-electron chi connectivity index (χ2n) is 7.44. The molecule has 0 aromatic heterocycles. The minimum Gasteiger partial charge on any atom is -0.465 e. The van der Waals surface area contributed by atoms with Crippen LogP contribution in [0.4, 0.5) is 0 Å². The zero-order valence-electron chi connectivity index (χ0n) is 16.6. The van der Waals surface area contributed by atoms with Gasteiger partial charge in [0.05, 0.1) is 23.8 Å². The van der Waals surface area contributed by atoms with Gasteiger partial charge in [0.1, 0.15) is 11.5 Å². The molecule has 0 radical (unpaired) electrons. The van der Waals surface area contributed by atoms with Crippen LogP contribution in [0.2, 0.25) is 10.0 Å². The van der Waals surface area contributed by atoms with Crippen LogP contribution in [0.15, 0.2) is 36.4 Å². The Hall–Kier alpha value is -1.79. The molecule has 160 valence electrons. The molecule has 2 aromatic carbocycles. The highest BCUT2D eigenvalue weighted by molar-refractivity contribution is 6.36. The van der Waals surface area contributed by atoms with Crippen LogP contribution in [0.5, 0.6) is 11.5 Å². The lowest BCUT2D eigenvalue weighted by Crippen LogP contribution is -2.26. The summed E-state index contributed by atoms with van der Waals surface area (Å²) in [5.74, 6) is 0.714. The van der Waals surface area contributed by atoms with Gasteiger partial charge < -0.3 is 18.9 Å². The summed E-state index contributed by atoms with van der Waals surface area (Å²) in [5, 5.41) is 0.774. The van der Waals surface area contributed by atoms with Crippen molar-refractivity contribution in [1.82, 2.24) is 0 Å². The van der Waals surface area contributed by atoms with Crippen LogP contribution in [0, 0.1) is 0 Å². The fourth-order valence-corrected chi connectivity index (χ4v) is 3.95. The Bertz CT molecular complexity index is 889. The van der Waals surface area contributed by atoms with Crippen LogP contribution in [-0.4, -0.2) is 31.6 Å². The molecule has 2 aliphatic heterocycles. The first-order valence-electron chi connectivity index (χ1n) is 10.3. The molecule has 2 heterocycles. The molecule has 0 saturated carbocycles. The summed E-state index contributed by atoms with van der Waals surface area (Å²) in [7, 11) is 0. The van der Waals surface area contributed by atoms with Gasteiger partial charge in [-0.25, -0.2) is 0 Å². The van der Waals surface area contributed by atoms with Crippen LogP contribution >= 0.6 is 23.2 Å². The van der Waals surface area contributed by atoms with E-state index in [4.69, 9.17) is 42.1 Å². The average Bonchev–Trinajstić information content (AvgIpc) is 2.77. The highest BCUT2D eigenvalue weighted by Crippen LogP contribution is 2.33. The molecule has 5 nitrogen and oxygen atoms in total. The molecule has 30 heavy (non-hydrogen) atoms. The van der Waals surface area contributed by atoms with E-state index in [0.29, 0.717) is 45.9 Å². The van der Waals surface area contributed by atoms with E-state index in [9.17, 15) is 4.79 Å². The Balaban J connectivity index is 1.63. The maximum absolute atomic E-state index is 13.3. The van der Waals surface area contributed by atoms with Crippen molar-refractivity contribution in [3.8, 4) is 11.5 Å². The fourth-order valence-electron chi connectivity index (χ4n) is 3.58. The number of ketones is 1. The van der Waals surface area contributed by atoms with Crippen LogP contribution in [0.25, 0.3) is 0 Å². The lowest BCUT2D eigenvalue weighted by Gasteiger charge is -2.26. The van der Waals surface area contributed by atoms with E-state index in [-0.39, 0.29) is 12.1 Å². The van der Waals surface area contributed by atoms with Gasteiger partial charge in [-0.2, -0.15) is 0 Å². The van der Waals surface area contributed by atoms with Crippen LogP contribution in [-0.2, 0) is 9.47 Å². The van der Waals surface area contributed by atoms with Crippen molar-refractivity contribution in [3.05, 3.63) is 57.6 Å². The van der Waals surface area contributed by atoms with E-state index in [1.807, 2.05) is 0 Å². The molecule has 2 unspecified atom stereocenters. The molecular formula is C23H24Cl2O5. The van der Waals surface area contributed by atoms with Gasteiger partial charge in [0.2, 0.25) is 0 Å². The summed E-state index contributed by atoms with van der Waals surface area (Å²) in [6.07, 6.45) is 5.03. The van der Waals surface area contributed by atoms with Gasteiger partial charge in [-0.1, -0.05) is 23.2 Å². The monoisotopic (exact) mass is 450 g/mol. The molecule has 2 aliphatic rings. The smallest absolute Gasteiger partial charge is 0.199 e. The lowest BCUT2D eigenvalue weighted by atomic mass is 10.0. The number of carbonyl (C=O) groups excluding carboxylic acids is 1. The van der Waals surface area contributed by atoms with E-state index < -0.39 is 6.29 Å². The Kier molecular flexibility index (Phi) is 7.16. The molecule has 2 atom stereocenters. The summed E-state index contributed by atoms with van der Waals surface area (Å²) in [5.41, 5.74) is 0.702. The maximum Gasteiger partial charge on any atom is 0.199 e. The van der Waals surface area contributed by atoms with Crippen molar-refractivity contribution in [2.24, 2.45) is 0 Å². The van der Waals surface area contributed by atoms with Gasteiger partial charge in [-0.05, 0) is 56.0 Å². The lowest BCUT2D eigenvalue weighted by molar-refractivity contribution is -0.109. The number of hydrogen-bond acceptors (Lipinski definition) is 5. The third-order valence-electron chi connectivity index (χ3n) is 5.17. The minimum atomic E-state index is -0.402. The van der Waals surface area contributed by atoms with E-state index in [1.165, 1.54) is 0 Å². The predicted octanol–water partition coefficient (Wildman–Crippen LogP) is 6.04. The Morgan fingerprint density at radius 1 is 0.833 bits per heavy atom. The van der Waals surface area contributed by atoms with Gasteiger partial charge in [-0.3, -0.25) is 4.79 Å². The normalized spacial score (nSPS) is 21.8. The molecular weight excluding hydrogens is 427 g/mol. The van der Waals surface area contributed by atoms with Crippen molar-refractivity contribution in [1.29, 1.82) is 0 Å². The Morgan fingerprint density at radius 3 is 2.20 bits per heavy atom. The molecule has 7 heteroatoms. The molecule has 4 rings (SSSR count). The zero-order valence-corrected chi connectivity index (χ0v) is 18.1. The van der Waals surface area contributed by atoms with Crippen LogP contribution in [0.3, 0.4) is 0 Å². The predicted molar refractivity (Wildman–Crippen MR) is 115 cm³/mol. The standard InChI is InChI=1S/C23H24Cl2O5/c24-15-7-10-19(25)18(13-15)23(26)17-9-8-16(29-21-5-1-3-11-27-21)14-20(17)30-22-6-2-4-12-28-22/h7-10,13-14,21-22H,1-6,11-12H2. The molecule has 0 N–H and O–H groups in total. The highest BCUT2D eigenvalue weighted by Gasteiger charge is 2.24. The summed E-state index contributed by atoms with van der Waals surface area (Å²) in [4.78, 5) is 13.3. The summed E-state index contributed by atoms with van der Waals surface area (Å²) in [6.45, 7) is 1.33. The first kappa shape index (κ1) is 21.4. The number of ether oxygens (including phenoxy) is 4. The molecule has 2 aromatic rings. The summed E-state index contributed by atoms with van der Waals surface area (Å²) in [6, 6.07) is 9.98. The molecule has 0 spiro atoms. The van der Waals surface area contributed by atoms with Crippen LogP contribution in [0.1, 0.15) is 54.4 Å². The number of carbonyl (C=O) groups is 1. The van der Waals surface area contributed by atoms with E-state index >= 15 is 0 Å². The van der Waals surface area contributed by atoms with E-state index in [1.54, 1.807) is 36.4 Å². The third-order valence-corrected chi connectivity index (χ3v) is 5.74. The SMILES string of the molecule is O=C(c1cc(Cl)ccc1Cl)c1ccc(OC2CCCCO2)cc1OC1CCCCO1. The quantitative estimate of drug-likeness (QED) is 0.502. The van der Waals surface area contributed by atoms with Crippen molar-refractivity contribution >= 4 is 29.0 Å². The first-order chi connectivity index (χ1) is 14.6. The van der Waals surface area contributed by atoms with Crippen molar-refractivity contribution in [2.45, 2.75) is 51.1 Å². The van der Waals surface area contributed by atoms with Crippen LogP contribution < -0.4 is 9.47 Å². The van der Waals surface area contributed by atoms with Gasteiger partial charge in [0, 0.05) is 29.5 Å². The third kappa shape index (κ3) is 5.27. The van der Waals surface area contributed by atoms with Gasteiger partial charge in [-0.15, -0.1) is 0 Å². The van der Waals surface area contributed by atoms with Crippen molar-refractivity contribution < 1.29 is 23.7 Å². The fraction of sp³-hybridized carbons (Fsp3) is 0.435. The molecule has 0 bridgehead atoms. The summed E-state index contributed by atoms with van der Waals surface area (Å²) >= 11 is 12.3. The van der Waals surface area contributed by atoms with Gasteiger partial charge in [0.15, 0.2) is 18.4 Å².